The Morgan fingerprint density at radius 2 is 2.14 bits per heavy atom. The molecule has 0 spiro atoms. The average molecular weight is 323 g/mol. The van der Waals surface area contributed by atoms with E-state index in [4.69, 9.17) is 4.42 Å². The van der Waals surface area contributed by atoms with Crippen molar-refractivity contribution in [2.75, 3.05) is 6.54 Å². The number of nitrogens with one attached hydrogen (secondary N) is 2. The zero-order chi connectivity index (χ0) is 14.9. The summed E-state index contributed by atoms with van der Waals surface area (Å²) < 4.78 is 5.82. The third kappa shape index (κ3) is 3.28. The van der Waals surface area contributed by atoms with E-state index < -0.39 is 5.54 Å². The molecule has 1 aliphatic heterocycles. The summed E-state index contributed by atoms with van der Waals surface area (Å²) in [4.78, 5) is 12.5. The lowest BCUT2D eigenvalue weighted by Gasteiger charge is -2.34. The summed E-state index contributed by atoms with van der Waals surface area (Å²) in [5, 5.41) is 7.47. The number of fused-ring (bicyclic) bond motifs is 1. The minimum Gasteiger partial charge on any atom is -0.459 e. The first-order valence-corrected chi connectivity index (χ1v) is 7.63. The summed E-state index contributed by atoms with van der Waals surface area (Å²) in [5.74, 6) is 0.846. The molecule has 22 heavy (non-hydrogen) atoms. The van der Waals surface area contributed by atoms with E-state index in [2.05, 4.69) is 10.6 Å². The topological polar surface area (TPSA) is 54.3 Å². The van der Waals surface area contributed by atoms with Crippen LogP contribution in [0, 0.1) is 0 Å². The fourth-order valence-corrected chi connectivity index (χ4v) is 2.89. The number of halogens is 1. The smallest absolute Gasteiger partial charge is 0.240 e. The second-order valence-corrected chi connectivity index (χ2v) is 6.10. The number of benzene rings is 1. The summed E-state index contributed by atoms with van der Waals surface area (Å²) >= 11 is 0. The number of furan rings is 1. The van der Waals surface area contributed by atoms with Gasteiger partial charge in [0.15, 0.2) is 0 Å². The predicted octanol–water partition coefficient (Wildman–Crippen LogP) is 3.56. The lowest BCUT2D eigenvalue weighted by molar-refractivity contribution is -0.128. The van der Waals surface area contributed by atoms with Gasteiger partial charge >= 0.3 is 0 Å². The SMILES string of the molecule is CC(NC(=O)C1(C)CCCCN1)c1cc2ccccc2o1.Cl. The van der Waals surface area contributed by atoms with Crippen LogP contribution in [0.2, 0.25) is 0 Å². The third-order valence-corrected chi connectivity index (χ3v) is 4.34. The van der Waals surface area contributed by atoms with Gasteiger partial charge in [-0.15, -0.1) is 12.4 Å². The molecule has 2 N–H and O–H groups in total. The Balaban J connectivity index is 0.00000176. The van der Waals surface area contributed by atoms with Crippen LogP contribution in [0.4, 0.5) is 0 Å². The Bertz CT molecular complexity index is 614. The lowest BCUT2D eigenvalue weighted by atomic mass is 9.90. The third-order valence-electron chi connectivity index (χ3n) is 4.34. The highest BCUT2D eigenvalue weighted by Gasteiger charge is 2.35. The van der Waals surface area contributed by atoms with E-state index in [1.54, 1.807) is 0 Å². The first-order valence-electron chi connectivity index (χ1n) is 7.63. The van der Waals surface area contributed by atoms with E-state index in [0.717, 1.165) is 42.5 Å². The average Bonchev–Trinajstić information content (AvgIpc) is 2.92. The van der Waals surface area contributed by atoms with Crippen molar-refractivity contribution in [3.8, 4) is 0 Å². The van der Waals surface area contributed by atoms with Crippen molar-refractivity contribution in [2.45, 2.75) is 44.7 Å². The second-order valence-electron chi connectivity index (χ2n) is 6.10. The molecule has 2 unspecified atom stereocenters. The number of carbonyl (C=O) groups is 1. The molecule has 2 atom stereocenters. The minimum atomic E-state index is -0.460. The molecule has 0 aliphatic carbocycles. The van der Waals surface area contributed by atoms with Crippen LogP contribution >= 0.6 is 12.4 Å². The van der Waals surface area contributed by atoms with E-state index >= 15 is 0 Å². The van der Waals surface area contributed by atoms with E-state index in [1.165, 1.54) is 0 Å². The van der Waals surface area contributed by atoms with Crippen molar-refractivity contribution >= 4 is 29.3 Å². The molecule has 1 fully saturated rings. The summed E-state index contributed by atoms with van der Waals surface area (Å²) in [6, 6.07) is 9.75. The second kappa shape index (κ2) is 6.71. The molecule has 4 nitrogen and oxygen atoms in total. The number of hydrogen-bond acceptors (Lipinski definition) is 3. The summed E-state index contributed by atoms with van der Waals surface area (Å²) in [5.41, 5.74) is 0.397. The molecule has 0 bridgehead atoms. The fourth-order valence-electron chi connectivity index (χ4n) is 2.89. The predicted molar refractivity (Wildman–Crippen MR) is 90.3 cm³/mol. The molecule has 120 valence electrons. The fraction of sp³-hybridized carbons (Fsp3) is 0.471. The Morgan fingerprint density at radius 1 is 1.36 bits per heavy atom. The van der Waals surface area contributed by atoms with Gasteiger partial charge in [-0.05, 0) is 51.8 Å². The molecule has 5 heteroatoms. The van der Waals surface area contributed by atoms with Gasteiger partial charge < -0.3 is 15.1 Å². The van der Waals surface area contributed by atoms with Crippen LogP contribution in [-0.4, -0.2) is 18.0 Å². The summed E-state index contributed by atoms with van der Waals surface area (Å²) in [6.07, 6.45) is 3.11. The van der Waals surface area contributed by atoms with Crippen molar-refractivity contribution in [3.05, 3.63) is 36.1 Å². The molecule has 1 aliphatic rings. The van der Waals surface area contributed by atoms with Gasteiger partial charge in [-0.3, -0.25) is 4.79 Å². The van der Waals surface area contributed by atoms with E-state index in [0.29, 0.717) is 0 Å². The number of rotatable bonds is 3. The number of para-hydroxylation sites is 1. The zero-order valence-corrected chi connectivity index (χ0v) is 13.8. The van der Waals surface area contributed by atoms with Gasteiger partial charge in [0, 0.05) is 5.39 Å². The van der Waals surface area contributed by atoms with Crippen LogP contribution in [0.5, 0.6) is 0 Å². The molecule has 0 saturated carbocycles. The number of hydrogen-bond donors (Lipinski definition) is 2. The quantitative estimate of drug-likeness (QED) is 0.908. The highest BCUT2D eigenvalue weighted by molar-refractivity contribution is 5.86. The Hall–Kier alpha value is -1.52. The minimum absolute atomic E-state index is 0. The molecule has 0 radical (unpaired) electrons. The van der Waals surface area contributed by atoms with E-state index in [9.17, 15) is 4.79 Å². The van der Waals surface area contributed by atoms with Gasteiger partial charge in [0.2, 0.25) is 5.91 Å². The summed E-state index contributed by atoms with van der Waals surface area (Å²) in [7, 11) is 0. The Morgan fingerprint density at radius 3 is 2.82 bits per heavy atom. The van der Waals surface area contributed by atoms with Crippen LogP contribution in [-0.2, 0) is 4.79 Å². The molecule has 1 amide bonds. The normalized spacial score (nSPS) is 22.8. The van der Waals surface area contributed by atoms with Crippen molar-refractivity contribution in [1.29, 1.82) is 0 Å². The van der Waals surface area contributed by atoms with Crippen LogP contribution in [0.1, 0.15) is 44.9 Å². The molecule has 1 aromatic carbocycles. The van der Waals surface area contributed by atoms with Gasteiger partial charge in [0.05, 0.1) is 11.6 Å². The van der Waals surface area contributed by atoms with Crippen molar-refractivity contribution in [3.63, 3.8) is 0 Å². The number of amides is 1. The molecule has 2 heterocycles. The van der Waals surface area contributed by atoms with Crippen molar-refractivity contribution in [2.24, 2.45) is 0 Å². The van der Waals surface area contributed by atoms with Gasteiger partial charge in [-0.2, -0.15) is 0 Å². The first-order chi connectivity index (χ1) is 10.1. The van der Waals surface area contributed by atoms with Crippen LogP contribution in [0.3, 0.4) is 0 Å². The van der Waals surface area contributed by atoms with Crippen LogP contribution in [0.25, 0.3) is 11.0 Å². The van der Waals surface area contributed by atoms with Gasteiger partial charge in [0.25, 0.3) is 0 Å². The molecule has 3 rings (SSSR count). The molecule has 2 aromatic rings. The summed E-state index contributed by atoms with van der Waals surface area (Å²) in [6.45, 7) is 4.84. The Kier molecular flexibility index (Phi) is 5.14. The van der Waals surface area contributed by atoms with E-state index in [1.807, 2.05) is 44.2 Å². The monoisotopic (exact) mass is 322 g/mol. The highest BCUT2D eigenvalue weighted by atomic mass is 35.5. The zero-order valence-electron chi connectivity index (χ0n) is 13.0. The van der Waals surface area contributed by atoms with Gasteiger partial charge in [-0.1, -0.05) is 18.2 Å². The molecule has 1 saturated heterocycles. The number of carbonyl (C=O) groups excluding carboxylic acids is 1. The molecule has 1 aromatic heterocycles. The van der Waals surface area contributed by atoms with Crippen LogP contribution < -0.4 is 10.6 Å². The standard InChI is InChI=1S/C17H22N2O2.ClH/c1-12(15-11-13-7-3-4-8-14(13)21-15)19-16(20)17(2)9-5-6-10-18-17;/h3-4,7-8,11-12,18H,5-6,9-10H2,1-2H3,(H,19,20);1H. The first kappa shape index (κ1) is 16.8. The maximum atomic E-state index is 12.5. The van der Waals surface area contributed by atoms with Crippen molar-refractivity contribution in [1.82, 2.24) is 10.6 Å². The highest BCUT2D eigenvalue weighted by Crippen LogP contribution is 2.25. The van der Waals surface area contributed by atoms with Crippen LogP contribution in [0.15, 0.2) is 34.7 Å². The maximum Gasteiger partial charge on any atom is 0.240 e. The Labute approximate surface area is 137 Å². The maximum absolute atomic E-state index is 12.5. The largest absolute Gasteiger partial charge is 0.459 e. The molecular weight excluding hydrogens is 300 g/mol. The lowest BCUT2D eigenvalue weighted by Crippen LogP contribution is -2.57. The van der Waals surface area contributed by atoms with E-state index in [-0.39, 0.29) is 24.4 Å². The number of piperidine rings is 1. The molecular formula is C17H23ClN2O2. The van der Waals surface area contributed by atoms with Gasteiger partial charge in [0.1, 0.15) is 11.3 Å². The van der Waals surface area contributed by atoms with Gasteiger partial charge in [-0.25, -0.2) is 0 Å². The van der Waals surface area contributed by atoms with Crippen molar-refractivity contribution < 1.29 is 9.21 Å².